The van der Waals surface area contributed by atoms with Gasteiger partial charge < -0.3 is 4.90 Å². The predicted molar refractivity (Wildman–Crippen MR) is 95.5 cm³/mol. The van der Waals surface area contributed by atoms with Crippen LogP contribution in [0, 0.1) is 12.8 Å². The van der Waals surface area contributed by atoms with Crippen LogP contribution in [0.1, 0.15) is 37.2 Å². The number of carbonyl (C=O) groups is 1. The van der Waals surface area contributed by atoms with Crippen molar-refractivity contribution in [3.8, 4) is 0 Å². The number of imidazole rings is 1. The summed E-state index contributed by atoms with van der Waals surface area (Å²) in [6, 6.07) is 0. The van der Waals surface area contributed by atoms with Gasteiger partial charge in [0.05, 0.1) is 18.2 Å². The Balaban J connectivity index is 1.49. The summed E-state index contributed by atoms with van der Waals surface area (Å²) in [6.07, 6.45) is 7.34. The third-order valence-corrected chi connectivity index (χ3v) is 5.81. The first-order valence-corrected chi connectivity index (χ1v) is 9.54. The van der Waals surface area contributed by atoms with E-state index in [-0.39, 0.29) is 11.8 Å². The van der Waals surface area contributed by atoms with Crippen LogP contribution >= 0.6 is 11.3 Å². The van der Waals surface area contributed by atoms with E-state index in [1.165, 1.54) is 11.2 Å². The van der Waals surface area contributed by atoms with E-state index in [0.29, 0.717) is 12.5 Å². The molecule has 132 valence electrons. The van der Waals surface area contributed by atoms with Gasteiger partial charge in [-0.3, -0.25) is 13.9 Å². The highest BCUT2D eigenvalue weighted by Crippen LogP contribution is 2.32. The summed E-state index contributed by atoms with van der Waals surface area (Å²) >= 11 is 1.73. The molecule has 0 unspecified atom stereocenters. The van der Waals surface area contributed by atoms with Crippen LogP contribution in [-0.4, -0.2) is 48.0 Å². The first-order valence-electron chi connectivity index (χ1n) is 8.66. The molecule has 3 aromatic rings. The number of hydrogen-bond donors (Lipinski definition) is 0. The van der Waals surface area contributed by atoms with Gasteiger partial charge in [0.1, 0.15) is 23.3 Å². The minimum absolute atomic E-state index is 0.106. The average molecular weight is 358 g/mol. The fraction of sp³-hybridized carbons (Fsp3) is 0.529. The topological polar surface area (TPSA) is 68.3 Å². The average Bonchev–Trinajstić information content (AvgIpc) is 3.34. The van der Waals surface area contributed by atoms with Crippen molar-refractivity contribution in [1.29, 1.82) is 0 Å². The van der Waals surface area contributed by atoms with Crippen molar-refractivity contribution in [2.75, 3.05) is 13.1 Å². The maximum Gasteiger partial charge on any atom is 0.227 e. The monoisotopic (exact) mass is 358 g/mol. The van der Waals surface area contributed by atoms with Crippen molar-refractivity contribution < 1.29 is 4.79 Å². The molecule has 0 radical (unpaired) electrons. The number of aromatic nitrogens is 5. The maximum atomic E-state index is 12.9. The number of piperidine rings is 1. The smallest absolute Gasteiger partial charge is 0.227 e. The van der Waals surface area contributed by atoms with Gasteiger partial charge in [-0.15, -0.1) is 11.3 Å². The largest absolute Gasteiger partial charge is 0.342 e. The zero-order chi connectivity index (χ0) is 17.4. The Morgan fingerprint density at radius 3 is 3.16 bits per heavy atom. The van der Waals surface area contributed by atoms with Gasteiger partial charge in [0.2, 0.25) is 5.91 Å². The molecule has 0 saturated carbocycles. The van der Waals surface area contributed by atoms with Crippen LogP contribution in [0.5, 0.6) is 0 Å². The quantitative estimate of drug-likeness (QED) is 0.718. The molecule has 2 atom stereocenters. The summed E-state index contributed by atoms with van der Waals surface area (Å²) in [6.45, 7) is 6.15. The van der Waals surface area contributed by atoms with Gasteiger partial charge in [0, 0.05) is 30.6 Å². The van der Waals surface area contributed by atoms with Crippen molar-refractivity contribution in [2.45, 2.75) is 39.2 Å². The molecule has 1 saturated heterocycles. The van der Waals surface area contributed by atoms with Crippen LogP contribution < -0.4 is 0 Å². The lowest BCUT2D eigenvalue weighted by atomic mass is 9.94. The number of likely N-dealkylation sites (tertiary alicyclic amines) is 1. The molecule has 4 rings (SSSR count). The minimum atomic E-state index is -0.106. The number of fused-ring (bicyclic) bond motifs is 1. The highest BCUT2D eigenvalue weighted by molar-refractivity contribution is 7.15. The van der Waals surface area contributed by atoms with Crippen LogP contribution in [0.15, 0.2) is 24.2 Å². The second-order valence-corrected chi connectivity index (χ2v) is 7.66. The lowest BCUT2D eigenvalue weighted by Crippen LogP contribution is -2.42. The molecule has 3 aromatic heterocycles. The van der Waals surface area contributed by atoms with Gasteiger partial charge in [-0.1, -0.05) is 6.92 Å². The summed E-state index contributed by atoms with van der Waals surface area (Å²) in [5.41, 5.74) is 1.15. The lowest BCUT2D eigenvalue weighted by Gasteiger charge is -2.33. The van der Waals surface area contributed by atoms with E-state index >= 15 is 0 Å². The molecule has 0 aliphatic carbocycles. The molecule has 7 nitrogen and oxygen atoms in total. The summed E-state index contributed by atoms with van der Waals surface area (Å²) in [4.78, 5) is 24.8. The number of rotatable bonds is 4. The molecule has 0 spiro atoms. The number of nitrogens with zero attached hydrogens (tertiary/aromatic N) is 6. The van der Waals surface area contributed by atoms with Gasteiger partial charge in [0.25, 0.3) is 0 Å². The molecule has 8 heteroatoms. The van der Waals surface area contributed by atoms with Gasteiger partial charge in [-0.05, 0) is 19.8 Å². The summed E-state index contributed by atoms with van der Waals surface area (Å²) in [5.74, 6) is 1.43. The third-order valence-electron chi connectivity index (χ3n) is 4.93. The molecule has 1 fully saturated rings. The molecule has 1 aliphatic rings. The second kappa shape index (κ2) is 6.59. The van der Waals surface area contributed by atoms with E-state index in [2.05, 4.69) is 26.1 Å². The molecule has 4 heterocycles. The van der Waals surface area contributed by atoms with E-state index < -0.39 is 0 Å². The Hall–Kier alpha value is -2.22. The van der Waals surface area contributed by atoms with E-state index in [9.17, 15) is 4.79 Å². The predicted octanol–water partition coefficient (Wildman–Crippen LogP) is 2.34. The first-order chi connectivity index (χ1) is 12.1. The van der Waals surface area contributed by atoms with E-state index in [4.69, 9.17) is 4.98 Å². The van der Waals surface area contributed by atoms with E-state index in [1.54, 1.807) is 22.3 Å². The van der Waals surface area contributed by atoms with Crippen molar-refractivity contribution in [2.24, 2.45) is 5.92 Å². The van der Waals surface area contributed by atoms with Gasteiger partial charge >= 0.3 is 0 Å². The maximum absolute atomic E-state index is 12.9. The van der Waals surface area contributed by atoms with Gasteiger partial charge in [-0.2, -0.15) is 5.10 Å². The normalized spacial score (nSPS) is 19.4. The van der Waals surface area contributed by atoms with Gasteiger partial charge in [-0.25, -0.2) is 9.97 Å². The number of thiazole rings is 1. The standard InChI is InChI=1S/C17H22N6OS/c1-12(8-22-11-18-10-19-22)16(24)21-5-3-4-14(9-21)15-17-23(6-7-25-17)13(2)20-15/h6-7,10-12,14H,3-5,8-9H2,1-2H3/t12-,14-/m0/s1. The fourth-order valence-electron chi connectivity index (χ4n) is 3.66. The number of hydrogen-bond acceptors (Lipinski definition) is 5. The van der Waals surface area contributed by atoms with Crippen LogP contribution in [-0.2, 0) is 11.3 Å². The van der Waals surface area contributed by atoms with Crippen molar-refractivity contribution >= 4 is 22.1 Å². The molecule has 0 N–H and O–H groups in total. The Morgan fingerprint density at radius 2 is 2.36 bits per heavy atom. The highest BCUT2D eigenvalue weighted by Gasteiger charge is 2.30. The fourth-order valence-corrected chi connectivity index (χ4v) is 4.61. The van der Waals surface area contributed by atoms with Crippen molar-refractivity contribution in [3.05, 3.63) is 35.7 Å². The zero-order valence-corrected chi connectivity index (χ0v) is 15.3. The van der Waals surface area contributed by atoms with Crippen LogP contribution in [0.2, 0.25) is 0 Å². The van der Waals surface area contributed by atoms with E-state index in [1.807, 2.05) is 18.7 Å². The summed E-state index contributed by atoms with van der Waals surface area (Å²) in [5, 5.41) is 6.20. The molecule has 25 heavy (non-hydrogen) atoms. The highest BCUT2D eigenvalue weighted by atomic mass is 32.1. The second-order valence-electron chi connectivity index (χ2n) is 6.76. The van der Waals surface area contributed by atoms with Crippen LogP contribution in [0.25, 0.3) is 4.83 Å². The zero-order valence-electron chi connectivity index (χ0n) is 14.5. The molecular weight excluding hydrogens is 336 g/mol. The van der Waals surface area contributed by atoms with Crippen molar-refractivity contribution in [3.63, 3.8) is 0 Å². The molecular formula is C17H22N6OS. The lowest BCUT2D eigenvalue weighted by molar-refractivity contribution is -0.136. The molecule has 0 bridgehead atoms. The summed E-state index contributed by atoms with van der Waals surface area (Å²) < 4.78 is 3.87. The molecule has 1 amide bonds. The van der Waals surface area contributed by atoms with E-state index in [0.717, 1.165) is 37.4 Å². The van der Waals surface area contributed by atoms with Crippen molar-refractivity contribution in [1.82, 2.24) is 29.0 Å². The third kappa shape index (κ3) is 3.06. The number of amides is 1. The minimum Gasteiger partial charge on any atom is -0.342 e. The first kappa shape index (κ1) is 16.3. The summed E-state index contributed by atoms with van der Waals surface area (Å²) in [7, 11) is 0. The van der Waals surface area contributed by atoms with Crippen LogP contribution in [0.4, 0.5) is 0 Å². The van der Waals surface area contributed by atoms with Gasteiger partial charge in [0.15, 0.2) is 0 Å². The SMILES string of the molecule is Cc1nc([C@H]2CCCN(C(=O)[C@@H](C)Cn3cncn3)C2)c2sccn12. The van der Waals surface area contributed by atoms with Crippen LogP contribution in [0.3, 0.4) is 0 Å². The Morgan fingerprint density at radius 1 is 1.48 bits per heavy atom. The Bertz CT molecular complexity index is 867. The molecule has 1 aliphatic heterocycles. The Kier molecular flexibility index (Phi) is 4.29. The molecule has 0 aromatic carbocycles. The Labute approximate surface area is 150 Å². The number of aryl methyl sites for hydroxylation is 1. The number of carbonyl (C=O) groups excluding carboxylic acids is 1.